The van der Waals surface area contributed by atoms with Crippen LogP contribution in [0.15, 0.2) is 0 Å². The second kappa shape index (κ2) is 6.45. The number of aromatic amines is 1. The Hall–Kier alpha value is -1.87. The lowest BCUT2D eigenvalue weighted by Gasteiger charge is -2.27. The number of hydrogen-bond donors (Lipinski definition) is 2. The number of aromatic nitrogens is 2. The van der Waals surface area contributed by atoms with Crippen LogP contribution < -0.4 is 5.32 Å². The van der Waals surface area contributed by atoms with Gasteiger partial charge in [0.2, 0.25) is 5.91 Å². The van der Waals surface area contributed by atoms with Crippen LogP contribution in [-0.4, -0.2) is 39.4 Å². The molecule has 6 nitrogen and oxygen atoms in total. The summed E-state index contributed by atoms with van der Waals surface area (Å²) in [5.74, 6) is 1.30. The molecule has 0 bridgehead atoms. The van der Waals surface area contributed by atoms with E-state index < -0.39 is 5.54 Å². The molecule has 1 aliphatic heterocycles. The number of H-pyrrole nitrogens is 1. The molecule has 1 amide bonds. The molecule has 2 N–H and O–H groups in total. The molecule has 2 aliphatic carbocycles. The van der Waals surface area contributed by atoms with Crippen LogP contribution in [0.4, 0.5) is 0 Å². The first-order valence-corrected chi connectivity index (χ1v) is 9.63. The lowest BCUT2D eigenvalue weighted by atomic mass is 9.98. The molecule has 0 spiro atoms. The normalized spacial score (nSPS) is 25.8. The summed E-state index contributed by atoms with van der Waals surface area (Å²) in [5, 5.41) is 12.4. The van der Waals surface area contributed by atoms with E-state index in [1.54, 1.807) is 0 Å². The smallest absolute Gasteiger partial charge is 0.235 e. The zero-order valence-corrected chi connectivity index (χ0v) is 15.0. The number of aryl methyl sites for hydroxylation is 2. The summed E-state index contributed by atoms with van der Waals surface area (Å²) in [7, 11) is 0. The van der Waals surface area contributed by atoms with Crippen molar-refractivity contribution in [3.8, 4) is 6.07 Å². The lowest BCUT2D eigenvalue weighted by molar-refractivity contribution is -0.123. The molecule has 2 atom stereocenters. The van der Waals surface area contributed by atoms with Gasteiger partial charge in [0.15, 0.2) is 0 Å². The van der Waals surface area contributed by atoms with Crippen LogP contribution in [0.3, 0.4) is 0 Å². The van der Waals surface area contributed by atoms with Crippen molar-refractivity contribution in [2.75, 3.05) is 13.1 Å². The number of likely N-dealkylation sites (tertiary alicyclic amines) is 1. The van der Waals surface area contributed by atoms with Crippen molar-refractivity contribution in [2.24, 2.45) is 5.92 Å². The van der Waals surface area contributed by atoms with Crippen molar-refractivity contribution >= 4 is 5.91 Å². The molecule has 2 heterocycles. The average Bonchev–Trinajstić information content (AvgIpc) is 3.23. The summed E-state index contributed by atoms with van der Waals surface area (Å²) < 4.78 is 0. The van der Waals surface area contributed by atoms with Gasteiger partial charge in [-0.1, -0.05) is 0 Å². The maximum Gasteiger partial charge on any atom is 0.235 e. The summed E-state index contributed by atoms with van der Waals surface area (Å²) in [6, 6.07) is 2.50. The van der Waals surface area contributed by atoms with Gasteiger partial charge in [-0.2, -0.15) is 5.26 Å². The van der Waals surface area contributed by atoms with E-state index in [1.165, 1.54) is 24.2 Å². The Morgan fingerprint density at radius 2 is 2.16 bits per heavy atom. The van der Waals surface area contributed by atoms with Crippen molar-refractivity contribution in [1.82, 2.24) is 20.2 Å². The van der Waals surface area contributed by atoms with Gasteiger partial charge in [-0.3, -0.25) is 9.69 Å². The maximum absolute atomic E-state index is 12.5. The minimum absolute atomic E-state index is 0.0424. The first-order valence-electron chi connectivity index (χ1n) is 9.63. The van der Waals surface area contributed by atoms with E-state index in [9.17, 15) is 10.1 Å². The molecule has 1 saturated carbocycles. The molecule has 1 saturated heterocycles. The van der Waals surface area contributed by atoms with Crippen LogP contribution in [-0.2, 0) is 17.6 Å². The molecular formula is C19H27N5O. The predicted octanol–water partition coefficient (Wildman–Crippen LogP) is 2.23. The zero-order valence-electron chi connectivity index (χ0n) is 15.0. The molecule has 0 aromatic carbocycles. The zero-order chi connectivity index (χ0) is 17.4. The Labute approximate surface area is 149 Å². The highest BCUT2D eigenvalue weighted by Crippen LogP contribution is 2.39. The van der Waals surface area contributed by atoms with E-state index >= 15 is 0 Å². The number of fused-ring (bicyclic) bond motifs is 1. The fraction of sp³-hybridized carbons (Fsp3) is 0.737. The molecule has 25 heavy (non-hydrogen) atoms. The number of hydrogen-bond acceptors (Lipinski definition) is 4. The summed E-state index contributed by atoms with van der Waals surface area (Å²) >= 11 is 0. The number of carbonyl (C=O) groups is 1. The Balaban J connectivity index is 1.42. The van der Waals surface area contributed by atoms with E-state index in [0.29, 0.717) is 12.5 Å². The average molecular weight is 341 g/mol. The van der Waals surface area contributed by atoms with E-state index in [0.717, 1.165) is 50.9 Å². The van der Waals surface area contributed by atoms with Crippen molar-refractivity contribution < 1.29 is 4.79 Å². The van der Waals surface area contributed by atoms with Crippen LogP contribution >= 0.6 is 0 Å². The number of nitriles is 1. The molecule has 6 heteroatoms. The fourth-order valence-corrected chi connectivity index (χ4v) is 4.35. The van der Waals surface area contributed by atoms with Gasteiger partial charge in [-0.15, -0.1) is 0 Å². The largest absolute Gasteiger partial charge is 0.344 e. The number of nitrogens with one attached hydrogen (secondary N) is 2. The molecule has 134 valence electrons. The van der Waals surface area contributed by atoms with E-state index in [4.69, 9.17) is 4.98 Å². The summed E-state index contributed by atoms with van der Waals surface area (Å²) in [6.45, 7) is 3.11. The summed E-state index contributed by atoms with van der Waals surface area (Å²) in [4.78, 5) is 23.1. The molecule has 4 rings (SSSR count). The molecule has 2 fully saturated rings. The highest BCUT2D eigenvalue weighted by molar-refractivity contribution is 5.79. The van der Waals surface area contributed by atoms with Gasteiger partial charge in [0.05, 0.1) is 24.3 Å². The van der Waals surface area contributed by atoms with Crippen LogP contribution in [0.2, 0.25) is 0 Å². The van der Waals surface area contributed by atoms with E-state index in [1.807, 2.05) is 6.92 Å². The second-order valence-electron chi connectivity index (χ2n) is 8.02. The molecule has 1 aromatic heterocycles. The van der Waals surface area contributed by atoms with E-state index in [2.05, 4.69) is 21.3 Å². The quantitative estimate of drug-likeness (QED) is 0.860. The predicted molar refractivity (Wildman–Crippen MR) is 93.7 cm³/mol. The second-order valence-corrected chi connectivity index (χ2v) is 8.02. The number of nitrogens with zero attached hydrogens (tertiary/aromatic N) is 3. The number of rotatable bonds is 5. The molecule has 0 unspecified atom stereocenters. The maximum atomic E-state index is 12.5. The SMILES string of the molecule is C[C@](C#N)(NC(=O)CN1CCC[C@@H]1c1nc2c([nH]1)CCCC2)C1CC1. The highest BCUT2D eigenvalue weighted by Gasteiger charge is 2.43. The first kappa shape index (κ1) is 16.6. The monoisotopic (exact) mass is 341 g/mol. The van der Waals surface area contributed by atoms with Crippen LogP contribution in [0.1, 0.15) is 68.7 Å². The molecule has 0 radical (unpaired) electrons. The molecular weight excluding hydrogens is 314 g/mol. The van der Waals surface area contributed by atoms with Gasteiger partial charge >= 0.3 is 0 Å². The Morgan fingerprint density at radius 3 is 2.88 bits per heavy atom. The van der Waals surface area contributed by atoms with Gasteiger partial charge in [-0.05, 0) is 70.8 Å². The van der Waals surface area contributed by atoms with Gasteiger partial charge in [-0.25, -0.2) is 4.98 Å². The minimum Gasteiger partial charge on any atom is -0.344 e. The number of amides is 1. The van der Waals surface area contributed by atoms with Gasteiger partial charge in [0, 0.05) is 5.69 Å². The van der Waals surface area contributed by atoms with Crippen LogP contribution in [0.5, 0.6) is 0 Å². The third kappa shape index (κ3) is 3.30. The van der Waals surface area contributed by atoms with Crippen molar-refractivity contribution in [3.05, 3.63) is 17.2 Å². The summed E-state index contributed by atoms with van der Waals surface area (Å²) in [6.07, 6.45) is 8.82. The van der Waals surface area contributed by atoms with Crippen molar-refractivity contribution in [2.45, 2.75) is 69.9 Å². The van der Waals surface area contributed by atoms with Crippen LogP contribution in [0.25, 0.3) is 0 Å². The Kier molecular flexibility index (Phi) is 4.28. The lowest BCUT2D eigenvalue weighted by Crippen LogP contribution is -2.50. The number of carbonyl (C=O) groups excluding carboxylic acids is 1. The van der Waals surface area contributed by atoms with Crippen molar-refractivity contribution in [1.29, 1.82) is 5.26 Å². The van der Waals surface area contributed by atoms with Crippen LogP contribution in [0, 0.1) is 17.2 Å². The van der Waals surface area contributed by atoms with Gasteiger partial charge in [0.1, 0.15) is 11.4 Å². The first-order chi connectivity index (χ1) is 12.1. The van der Waals surface area contributed by atoms with Gasteiger partial charge in [0.25, 0.3) is 0 Å². The minimum atomic E-state index is -0.712. The third-order valence-electron chi connectivity index (χ3n) is 6.02. The summed E-state index contributed by atoms with van der Waals surface area (Å²) in [5.41, 5.74) is 1.81. The molecule has 3 aliphatic rings. The Morgan fingerprint density at radius 1 is 1.36 bits per heavy atom. The van der Waals surface area contributed by atoms with Gasteiger partial charge < -0.3 is 10.3 Å². The molecule has 1 aromatic rings. The topological polar surface area (TPSA) is 84.8 Å². The third-order valence-corrected chi connectivity index (χ3v) is 6.02. The standard InChI is InChI=1S/C19H27N5O/c1-19(12-20,13-8-9-13)23-17(25)11-24-10-4-7-16(24)18-21-14-5-2-3-6-15(14)22-18/h13,16H,2-11H2,1H3,(H,21,22)(H,23,25)/t16-,19-/m1/s1. The highest BCUT2D eigenvalue weighted by atomic mass is 16.2. The van der Waals surface area contributed by atoms with Crippen molar-refractivity contribution in [3.63, 3.8) is 0 Å². The Bertz CT molecular complexity index is 678. The fourth-order valence-electron chi connectivity index (χ4n) is 4.35. The van der Waals surface area contributed by atoms with E-state index in [-0.39, 0.29) is 11.9 Å². The number of imidazole rings is 1.